The highest BCUT2D eigenvalue weighted by Gasteiger charge is 2.43. The number of hydrogen-bond acceptors (Lipinski definition) is 3. The molecule has 0 heterocycles. The molecule has 2 atom stereocenters. The molecule has 0 fully saturated rings. The van der Waals surface area contributed by atoms with Crippen LogP contribution in [0.4, 0.5) is 0 Å². The first-order valence-electron chi connectivity index (χ1n) is 6.20. The molecular formula is C16H14O3. The Labute approximate surface area is 110 Å². The molecule has 2 N–H and O–H groups in total. The van der Waals surface area contributed by atoms with E-state index in [1.165, 1.54) is 12.2 Å². The maximum absolute atomic E-state index is 12.0. The van der Waals surface area contributed by atoms with Crippen molar-refractivity contribution >= 4 is 16.6 Å². The minimum atomic E-state index is -1.50. The largest absolute Gasteiger partial charge is 0.393 e. The molecule has 0 aliphatic heterocycles. The Balaban J connectivity index is 2.22. The van der Waals surface area contributed by atoms with Crippen molar-refractivity contribution < 1.29 is 15.0 Å². The van der Waals surface area contributed by atoms with Gasteiger partial charge in [0.25, 0.3) is 0 Å². The molecule has 1 aliphatic rings. The summed E-state index contributed by atoms with van der Waals surface area (Å²) in [4.78, 5) is 12.0. The number of aliphatic hydroxyl groups excluding tert-OH is 1. The van der Waals surface area contributed by atoms with Gasteiger partial charge in [0.05, 0.1) is 12.5 Å². The predicted octanol–water partition coefficient (Wildman–Crippen LogP) is 1.79. The Morgan fingerprint density at radius 1 is 1.11 bits per heavy atom. The van der Waals surface area contributed by atoms with E-state index < -0.39 is 18.1 Å². The van der Waals surface area contributed by atoms with E-state index in [0.29, 0.717) is 0 Å². The summed E-state index contributed by atoms with van der Waals surface area (Å²) in [6.07, 6.45) is 2.74. The maximum atomic E-state index is 12.0. The van der Waals surface area contributed by atoms with Crippen molar-refractivity contribution in [1.82, 2.24) is 0 Å². The fraction of sp³-hybridized carbons (Fsp3) is 0.188. The van der Waals surface area contributed by atoms with Gasteiger partial charge in [0.2, 0.25) is 0 Å². The Bertz CT molecular complexity index is 669. The molecule has 0 radical (unpaired) electrons. The molecule has 3 heteroatoms. The van der Waals surface area contributed by atoms with Crippen molar-refractivity contribution in [1.29, 1.82) is 0 Å². The van der Waals surface area contributed by atoms with Gasteiger partial charge in [0, 0.05) is 0 Å². The standard InChI is InChI=1S/C16H14O3/c17-10-16(19)9-8-14(18)15(16)13-7-3-5-11-4-1-2-6-12(11)13/h1-9,15,17,19H,10H2/t15-,16+/m0/s1. The third-order valence-electron chi connectivity index (χ3n) is 3.71. The third-order valence-corrected chi connectivity index (χ3v) is 3.71. The lowest BCUT2D eigenvalue weighted by Gasteiger charge is -2.27. The number of carbonyl (C=O) groups is 1. The summed E-state index contributed by atoms with van der Waals surface area (Å²) in [7, 11) is 0. The number of ketones is 1. The van der Waals surface area contributed by atoms with Gasteiger partial charge in [0.15, 0.2) is 5.78 Å². The zero-order valence-corrected chi connectivity index (χ0v) is 10.3. The molecule has 2 aromatic carbocycles. The van der Waals surface area contributed by atoms with E-state index in [1.807, 2.05) is 42.5 Å². The number of rotatable bonds is 2. The molecule has 3 nitrogen and oxygen atoms in total. The Morgan fingerprint density at radius 2 is 1.84 bits per heavy atom. The van der Waals surface area contributed by atoms with E-state index in [2.05, 4.69) is 0 Å². The number of allylic oxidation sites excluding steroid dienone is 1. The van der Waals surface area contributed by atoms with Gasteiger partial charge in [0.1, 0.15) is 5.60 Å². The second-order valence-electron chi connectivity index (χ2n) is 4.89. The second-order valence-corrected chi connectivity index (χ2v) is 4.89. The van der Waals surface area contributed by atoms with Crippen LogP contribution in [-0.2, 0) is 4.79 Å². The lowest BCUT2D eigenvalue weighted by molar-refractivity contribution is -0.119. The average molecular weight is 254 g/mol. The van der Waals surface area contributed by atoms with Gasteiger partial charge in [-0.1, -0.05) is 42.5 Å². The molecule has 0 spiro atoms. The van der Waals surface area contributed by atoms with Crippen molar-refractivity contribution in [2.45, 2.75) is 11.5 Å². The van der Waals surface area contributed by atoms with Crippen LogP contribution in [0.5, 0.6) is 0 Å². The van der Waals surface area contributed by atoms with Crippen LogP contribution < -0.4 is 0 Å². The predicted molar refractivity (Wildman–Crippen MR) is 72.9 cm³/mol. The summed E-state index contributed by atoms with van der Waals surface area (Å²) in [6, 6.07) is 13.4. The topological polar surface area (TPSA) is 57.5 Å². The molecule has 2 aromatic rings. The summed E-state index contributed by atoms with van der Waals surface area (Å²) in [5.41, 5.74) is -0.744. The van der Waals surface area contributed by atoms with E-state index in [-0.39, 0.29) is 5.78 Å². The summed E-state index contributed by atoms with van der Waals surface area (Å²) >= 11 is 0. The van der Waals surface area contributed by atoms with E-state index in [9.17, 15) is 15.0 Å². The van der Waals surface area contributed by atoms with Crippen molar-refractivity contribution in [3.8, 4) is 0 Å². The highest BCUT2D eigenvalue weighted by molar-refractivity contribution is 6.03. The van der Waals surface area contributed by atoms with Gasteiger partial charge < -0.3 is 10.2 Å². The molecule has 0 unspecified atom stereocenters. The van der Waals surface area contributed by atoms with Crippen LogP contribution in [0.25, 0.3) is 10.8 Å². The zero-order chi connectivity index (χ0) is 13.5. The van der Waals surface area contributed by atoms with E-state index in [0.717, 1.165) is 16.3 Å². The fourth-order valence-corrected chi connectivity index (χ4v) is 2.73. The molecule has 19 heavy (non-hydrogen) atoms. The molecule has 0 saturated carbocycles. The second kappa shape index (κ2) is 4.30. The SMILES string of the molecule is O=C1C=C[C@@](O)(CO)[C@H]1c1cccc2ccccc12. The van der Waals surface area contributed by atoms with Crippen LogP contribution in [0.1, 0.15) is 11.5 Å². The number of fused-ring (bicyclic) bond motifs is 1. The van der Waals surface area contributed by atoms with Crippen molar-refractivity contribution in [3.63, 3.8) is 0 Å². The summed E-state index contributed by atoms with van der Waals surface area (Å²) < 4.78 is 0. The molecule has 1 aliphatic carbocycles. The first-order valence-corrected chi connectivity index (χ1v) is 6.20. The molecular weight excluding hydrogens is 240 g/mol. The third kappa shape index (κ3) is 1.79. The Morgan fingerprint density at radius 3 is 2.63 bits per heavy atom. The smallest absolute Gasteiger partial charge is 0.166 e. The summed E-state index contributed by atoms with van der Waals surface area (Å²) in [5, 5.41) is 21.7. The van der Waals surface area contributed by atoms with Gasteiger partial charge in [-0.05, 0) is 28.5 Å². The maximum Gasteiger partial charge on any atom is 0.166 e. The van der Waals surface area contributed by atoms with Gasteiger partial charge in [-0.2, -0.15) is 0 Å². The van der Waals surface area contributed by atoms with Crippen LogP contribution in [-0.4, -0.2) is 28.2 Å². The minimum Gasteiger partial charge on any atom is -0.393 e. The van der Waals surface area contributed by atoms with Crippen molar-refractivity contribution in [3.05, 3.63) is 60.2 Å². The molecule has 0 aromatic heterocycles. The Kier molecular flexibility index (Phi) is 2.73. The highest BCUT2D eigenvalue weighted by Crippen LogP contribution is 2.38. The lowest BCUT2D eigenvalue weighted by atomic mass is 9.82. The quantitative estimate of drug-likeness (QED) is 0.859. The van der Waals surface area contributed by atoms with Crippen molar-refractivity contribution in [2.24, 2.45) is 0 Å². The van der Waals surface area contributed by atoms with Gasteiger partial charge >= 0.3 is 0 Å². The Hall–Kier alpha value is -1.97. The van der Waals surface area contributed by atoms with Crippen molar-refractivity contribution in [2.75, 3.05) is 6.61 Å². The number of benzene rings is 2. The van der Waals surface area contributed by atoms with Crippen LogP contribution >= 0.6 is 0 Å². The molecule has 96 valence electrons. The first kappa shape index (κ1) is 12.1. The average Bonchev–Trinajstić information content (AvgIpc) is 2.75. The number of carbonyl (C=O) groups excluding carboxylic acids is 1. The molecule has 0 bridgehead atoms. The van der Waals surface area contributed by atoms with Gasteiger partial charge in [-0.15, -0.1) is 0 Å². The zero-order valence-electron chi connectivity index (χ0n) is 10.3. The lowest BCUT2D eigenvalue weighted by Crippen LogP contribution is -2.37. The summed E-state index contributed by atoms with van der Waals surface area (Å²) in [6.45, 7) is -0.469. The first-order chi connectivity index (χ1) is 9.15. The van der Waals surface area contributed by atoms with Gasteiger partial charge in [-0.3, -0.25) is 4.79 Å². The molecule has 0 amide bonds. The molecule has 0 saturated heterocycles. The summed E-state index contributed by atoms with van der Waals surface area (Å²) in [5.74, 6) is -0.906. The van der Waals surface area contributed by atoms with Crippen LogP contribution in [0.2, 0.25) is 0 Å². The van der Waals surface area contributed by atoms with Crippen LogP contribution in [0.15, 0.2) is 54.6 Å². The van der Waals surface area contributed by atoms with E-state index in [4.69, 9.17) is 0 Å². The van der Waals surface area contributed by atoms with Gasteiger partial charge in [-0.25, -0.2) is 0 Å². The molecule has 3 rings (SSSR count). The minimum absolute atomic E-state index is 0.173. The number of hydrogen-bond donors (Lipinski definition) is 2. The van der Waals surface area contributed by atoms with E-state index >= 15 is 0 Å². The number of aliphatic hydroxyl groups is 2. The normalized spacial score (nSPS) is 26.2. The van der Waals surface area contributed by atoms with Crippen LogP contribution in [0.3, 0.4) is 0 Å². The highest BCUT2D eigenvalue weighted by atomic mass is 16.3. The van der Waals surface area contributed by atoms with E-state index in [1.54, 1.807) is 0 Å². The van der Waals surface area contributed by atoms with Crippen LogP contribution in [0, 0.1) is 0 Å². The fourth-order valence-electron chi connectivity index (χ4n) is 2.73. The monoisotopic (exact) mass is 254 g/mol.